The Balaban J connectivity index is 1.35. The number of likely N-dealkylation sites (tertiary alicyclic amines) is 1. The number of amidine groups is 1. The van der Waals surface area contributed by atoms with Crippen LogP contribution in [0.15, 0.2) is 29.5 Å². The number of urea groups is 1. The first-order valence-electron chi connectivity index (χ1n) is 10.5. The zero-order valence-corrected chi connectivity index (χ0v) is 17.5. The number of nitrogens with zero attached hydrogens (tertiary/aromatic N) is 4. The first-order chi connectivity index (χ1) is 14.6. The topological polar surface area (TPSA) is 81.0 Å². The predicted molar refractivity (Wildman–Crippen MR) is 113 cm³/mol. The highest BCUT2D eigenvalue weighted by Crippen LogP contribution is 2.42. The summed E-state index contributed by atoms with van der Waals surface area (Å²) in [6.45, 7) is 3.11. The van der Waals surface area contributed by atoms with Crippen LogP contribution >= 0.6 is 0 Å². The van der Waals surface area contributed by atoms with Crippen molar-refractivity contribution in [3.05, 3.63) is 30.1 Å². The minimum Gasteiger partial charge on any atom is -0.496 e. The summed E-state index contributed by atoms with van der Waals surface area (Å²) in [6, 6.07) is 3.87. The molecule has 1 aromatic carbocycles. The van der Waals surface area contributed by atoms with Crippen LogP contribution in [0.4, 0.5) is 10.5 Å². The number of rotatable bonds is 2. The molecule has 3 aliphatic heterocycles. The van der Waals surface area contributed by atoms with Crippen LogP contribution in [0.5, 0.6) is 5.75 Å². The fraction of sp³-hybridized carbons (Fsp3) is 0.500. The van der Waals surface area contributed by atoms with Gasteiger partial charge in [0.15, 0.2) is 0 Å². The monoisotopic (exact) mass is 409 g/mol. The lowest BCUT2D eigenvalue weighted by molar-refractivity contribution is -0.000361. The van der Waals surface area contributed by atoms with E-state index in [-0.39, 0.29) is 11.4 Å². The molecule has 8 heteroatoms. The van der Waals surface area contributed by atoms with Crippen LogP contribution in [0.2, 0.25) is 0 Å². The summed E-state index contributed by atoms with van der Waals surface area (Å²) < 4.78 is 13.0. The largest absolute Gasteiger partial charge is 0.496 e. The highest BCUT2D eigenvalue weighted by Gasteiger charge is 2.41. The van der Waals surface area contributed by atoms with Crippen LogP contribution < -0.4 is 10.1 Å². The number of carbonyl (C=O) groups excluding carboxylic acids is 1. The number of benzene rings is 1. The van der Waals surface area contributed by atoms with Crippen molar-refractivity contribution < 1.29 is 14.3 Å². The molecule has 0 unspecified atom stereocenters. The van der Waals surface area contributed by atoms with E-state index in [9.17, 15) is 4.79 Å². The van der Waals surface area contributed by atoms with E-state index in [1.807, 2.05) is 36.5 Å². The Morgan fingerprint density at radius 3 is 2.97 bits per heavy atom. The van der Waals surface area contributed by atoms with Gasteiger partial charge < -0.3 is 14.4 Å². The molecule has 4 heterocycles. The second-order valence-corrected chi connectivity index (χ2v) is 8.54. The number of ether oxygens (including phenoxy) is 2. The van der Waals surface area contributed by atoms with Gasteiger partial charge in [0.2, 0.25) is 0 Å². The van der Waals surface area contributed by atoms with Gasteiger partial charge in [0, 0.05) is 61.5 Å². The quantitative estimate of drug-likeness (QED) is 0.827. The summed E-state index contributed by atoms with van der Waals surface area (Å²) in [5.41, 5.74) is 3.95. The van der Waals surface area contributed by atoms with E-state index in [1.165, 1.54) is 0 Å². The molecule has 1 atom stereocenters. The van der Waals surface area contributed by atoms with E-state index in [1.54, 1.807) is 11.8 Å². The molecule has 0 saturated carbocycles. The summed E-state index contributed by atoms with van der Waals surface area (Å²) in [5.74, 6) is 1.44. The van der Waals surface area contributed by atoms with Crippen LogP contribution in [-0.4, -0.2) is 60.0 Å². The number of aromatic nitrogens is 2. The number of hydrogen-bond donors (Lipinski definition) is 1. The van der Waals surface area contributed by atoms with Crippen molar-refractivity contribution in [1.82, 2.24) is 20.0 Å². The van der Waals surface area contributed by atoms with E-state index < -0.39 is 0 Å². The average Bonchev–Trinajstić information content (AvgIpc) is 3.47. The summed E-state index contributed by atoms with van der Waals surface area (Å²) in [7, 11) is 3.55. The number of amides is 2. The minimum absolute atomic E-state index is 0.0779. The van der Waals surface area contributed by atoms with Gasteiger partial charge in [0.05, 0.1) is 25.6 Å². The minimum atomic E-state index is -0.0779. The van der Waals surface area contributed by atoms with Gasteiger partial charge in [-0.2, -0.15) is 5.10 Å². The molecular weight excluding hydrogens is 382 g/mol. The van der Waals surface area contributed by atoms with Gasteiger partial charge in [-0.1, -0.05) is 0 Å². The fourth-order valence-electron chi connectivity index (χ4n) is 4.86. The van der Waals surface area contributed by atoms with Gasteiger partial charge in [-0.05, 0) is 31.4 Å². The zero-order valence-electron chi connectivity index (χ0n) is 17.5. The van der Waals surface area contributed by atoms with Crippen molar-refractivity contribution in [2.45, 2.75) is 25.7 Å². The van der Waals surface area contributed by atoms with Crippen molar-refractivity contribution in [1.29, 1.82) is 0 Å². The third kappa shape index (κ3) is 3.35. The molecule has 3 aliphatic rings. The second kappa shape index (κ2) is 7.43. The summed E-state index contributed by atoms with van der Waals surface area (Å²) in [5, 5.41) is 7.32. The third-order valence-corrected chi connectivity index (χ3v) is 6.45. The van der Waals surface area contributed by atoms with E-state index in [0.717, 1.165) is 73.7 Å². The predicted octanol–water partition coefficient (Wildman–Crippen LogP) is 2.89. The highest BCUT2D eigenvalue weighted by atomic mass is 16.5. The van der Waals surface area contributed by atoms with Gasteiger partial charge in [-0.3, -0.25) is 10.00 Å². The highest BCUT2D eigenvalue weighted by molar-refractivity contribution is 6.04. The zero-order chi connectivity index (χ0) is 20.7. The Morgan fingerprint density at radius 1 is 1.33 bits per heavy atom. The smallest absolute Gasteiger partial charge is 0.322 e. The summed E-state index contributed by atoms with van der Waals surface area (Å²) in [6.07, 6.45) is 7.55. The first-order valence-corrected chi connectivity index (χ1v) is 10.5. The molecule has 0 aliphatic carbocycles. The molecule has 2 fully saturated rings. The Labute approximate surface area is 175 Å². The van der Waals surface area contributed by atoms with Gasteiger partial charge >= 0.3 is 6.03 Å². The first kappa shape index (κ1) is 19.1. The van der Waals surface area contributed by atoms with Crippen molar-refractivity contribution >= 4 is 17.6 Å². The van der Waals surface area contributed by atoms with Gasteiger partial charge in [0.1, 0.15) is 11.6 Å². The SMILES string of the molecule is COc1ccc(-c2cnn(C)c2)c2c1CC(NC(=O)N1CC[C@@]3(CCCOC3)C1)=N2. The molecule has 2 amide bonds. The van der Waals surface area contributed by atoms with Crippen LogP contribution in [0.3, 0.4) is 0 Å². The Hall–Kier alpha value is -2.87. The Morgan fingerprint density at radius 2 is 2.23 bits per heavy atom. The summed E-state index contributed by atoms with van der Waals surface area (Å²) >= 11 is 0. The maximum absolute atomic E-state index is 12.9. The maximum Gasteiger partial charge on any atom is 0.322 e. The van der Waals surface area contributed by atoms with Crippen molar-refractivity contribution in [3.8, 4) is 16.9 Å². The van der Waals surface area contributed by atoms with Crippen molar-refractivity contribution in [2.24, 2.45) is 17.5 Å². The number of aryl methyl sites for hydroxylation is 1. The van der Waals surface area contributed by atoms with Crippen LogP contribution in [0.1, 0.15) is 24.8 Å². The molecule has 158 valence electrons. The van der Waals surface area contributed by atoms with Crippen molar-refractivity contribution in [3.63, 3.8) is 0 Å². The lowest BCUT2D eigenvalue weighted by Crippen LogP contribution is -2.44. The van der Waals surface area contributed by atoms with E-state index in [2.05, 4.69) is 10.4 Å². The van der Waals surface area contributed by atoms with Gasteiger partial charge in [0.25, 0.3) is 0 Å². The number of nitrogens with one attached hydrogen (secondary N) is 1. The van der Waals surface area contributed by atoms with E-state index in [4.69, 9.17) is 14.5 Å². The lowest BCUT2D eigenvalue weighted by Gasteiger charge is -2.32. The molecule has 1 N–H and O–H groups in total. The normalized spacial score (nSPS) is 22.9. The molecule has 0 radical (unpaired) electrons. The van der Waals surface area contributed by atoms with Gasteiger partial charge in [-0.15, -0.1) is 0 Å². The maximum atomic E-state index is 12.9. The Kier molecular flexibility index (Phi) is 4.73. The molecule has 2 aromatic rings. The molecule has 5 rings (SSSR count). The molecule has 8 nitrogen and oxygen atoms in total. The number of hydrogen-bond acceptors (Lipinski definition) is 5. The molecule has 0 bridgehead atoms. The lowest BCUT2D eigenvalue weighted by atomic mass is 9.82. The number of methoxy groups -OCH3 is 1. The molecule has 30 heavy (non-hydrogen) atoms. The van der Waals surface area contributed by atoms with E-state index >= 15 is 0 Å². The van der Waals surface area contributed by atoms with Crippen LogP contribution in [-0.2, 0) is 18.2 Å². The Bertz CT molecular complexity index is 1010. The van der Waals surface area contributed by atoms with Crippen molar-refractivity contribution in [2.75, 3.05) is 33.4 Å². The third-order valence-electron chi connectivity index (χ3n) is 6.45. The summed E-state index contributed by atoms with van der Waals surface area (Å²) in [4.78, 5) is 19.6. The molecular formula is C22H27N5O3. The fourth-order valence-corrected chi connectivity index (χ4v) is 4.86. The second-order valence-electron chi connectivity index (χ2n) is 8.54. The average molecular weight is 409 g/mol. The van der Waals surface area contributed by atoms with Crippen LogP contribution in [0.25, 0.3) is 11.1 Å². The number of fused-ring (bicyclic) bond motifs is 1. The molecule has 2 saturated heterocycles. The number of carbonyl (C=O) groups is 1. The standard InChI is InChI=1S/C22H27N5O3/c1-26-12-15(11-23-26)16-4-5-18(29-2)17-10-19(24-20(16)17)25-21(28)27-8-7-22(13-27)6-3-9-30-14-22/h4-5,11-12H,3,6-10,13-14H2,1-2H3,(H,24,25,28)/t22-/m0/s1. The molecule has 1 spiro atoms. The van der Waals surface area contributed by atoms with Gasteiger partial charge in [-0.25, -0.2) is 9.79 Å². The van der Waals surface area contributed by atoms with Crippen LogP contribution in [0, 0.1) is 5.41 Å². The van der Waals surface area contributed by atoms with E-state index in [0.29, 0.717) is 12.3 Å². The molecule has 1 aromatic heterocycles. The number of aliphatic imine (C=N–C) groups is 1.